The van der Waals surface area contributed by atoms with Crippen molar-refractivity contribution in [2.24, 2.45) is 4.99 Å². The molecular formula is C23H29N3O4. The highest BCUT2D eigenvalue weighted by atomic mass is 16.5. The highest BCUT2D eigenvalue weighted by molar-refractivity contribution is 5.79. The number of aliphatic hydroxyl groups is 1. The van der Waals surface area contributed by atoms with Gasteiger partial charge < -0.3 is 29.3 Å². The third kappa shape index (κ3) is 6.42. The van der Waals surface area contributed by atoms with Gasteiger partial charge in [-0.25, -0.2) is 4.99 Å². The van der Waals surface area contributed by atoms with E-state index in [1.165, 1.54) is 5.56 Å². The van der Waals surface area contributed by atoms with Crippen LogP contribution in [0.3, 0.4) is 0 Å². The van der Waals surface area contributed by atoms with Gasteiger partial charge in [-0.3, -0.25) is 0 Å². The molecule has 7 nitrogen and oxygen atoms in total. The molecule has 0 spiro atoms. The summed E-state index contributed by atoms with van der Waals surface area (Å²) in [4.78, 5) is 4.56. The van der Waals surface area contributed by atoms with E-state index in [1.807, 2.05) is 36.4 Å². The van der Waals surface area contributed by atoms with Gasteiger partial charge in [0.25, 0.3) is 0 Å². The fourth-order valence-corrected chi connectivity index (χ4v) is 2.95. The first-order chi connectivity index (χ1) is 14.6. The predicted molar refractivity (Wildman–Crippen MR) is 116 cm³/mol. The number of guanidine groups is 1. The Hall–Kier alpha value is -3.19. The average molecular weight is 412 g/mol. The lowest BCUT2D eigenvalue weighted by Gasteiger charge is -2.20. The van der Waals surface area contributed by atoms with Gasteiger partial charge in [-0.2, -0.15) is 0 Å². The number of rotatable bonds is 10. The van der Waals surface area contributed by atoms with Crippen LogP contribution in [-0.2, 0) is 18.4 Å². The average Bonchev–Trinajstić information content (AvgIpc) is 3.47. The number of hydrogen-bond donors (Lipinski definition) is 3. The van der Waals surface area contributed by atoms with Crippen molar-refractivity contribution in [1.82, 2.24) is 10.6 Å². The molecule has 3 rings (SSSR count). The van der Waals surface area contributed by atoms with Gasteiger partial charge in [-0.05, 0) is 55.3 Å². The van der Waals surface area contributed by atoms with E-state index in [2.05, 4.69) is 15.6 Å². The van der Waals surface area contributed by atoms with E-state index in [0.717, 1.165) is 24.4 Å². The van der Waals surface area contributed by atoms with Crippen molar-refractivity contribution in [2.75, 3.05) is 26.7 Å². The van der Waals surface area contributed by atoms with E-state index < -0.39 is 5.60 Å². The summed E-state index contributed by atoms with van der Waals surface area (Å²) in [6.07, 6.45) is 4.78. The minimum absolute atomic E-state index is 0.166. The van der Waals surface area contributed by atoms with E-state index in [1.54, 1.807) is 38.7 Å². The molecule has 0 saturated carbocycles. The van der Waals surface area contributed by atoms with Gasteiger partial charge in [0.2, 0.25) is 0 Å². The molecule has 0 radical (unpaired) electrons. The SMILES string of the molecule is COc1ccc(CCNC(=NCC(C)(O)c2ccco2)NCCc2ccco2)cc1. The number of aliphatic imine (C=N–C) groups is 1. The minimum Gasteiger partial charge on any atom is -0.497 e. The molecule has 0 fully saturated rings. The molecule has 0 amide bonds. The number of nitrogens with one attached hydrogen (secondary N) is 2. The van der Waals surface area contributed by atoms with Crippen molar-refractivity contribution in [3.8, 4) is 5.75 Å². The number of methoxy groups -OCH3 is 1. The summed E-state index contributed by atoms with van der Waals surface area (Å²) >= 11 is 0. The zero-order valence-electron chi connectivity index (χ0n) is 17.4. The summed E-state index contributed by atoms with van der Waals surface area (Å²) in [5.41, 5.74) is 0.00979. The highest BCUT2D eigenvalue weighted by Gasteiger charge is 2.26. The molecule has 0 aliphatic carbocycles. The second kappa shape index (κ2) is 10.5. The molecule has 3 aromatic rings. The third-order valence-electron chi connectivity index (χ3n) is 4.71. The fraction of sp³-hybridized carbons (Fsp3) is 0.348. The monoisotopic (exact) mass is 411 g/mol. The molecule has 160 valence electrons. The highest BCUT2D eigenvalue weighted by Crippen LogP contribution is 2.21. The van der Waals surface area contributed by atoms with E-state index in [0.29, 0.717) is 24.8 Å². The van der Waals surface area contributed by atoms with E-state index in [-0.39, 0.29) is 6.54 Å². The van der Waals surface area contributed by atoms with Crippen molar-refractivity contribution in [1.29, 1.82) is 0 Å². The lowest BCUT2D eigenvalue weighted by Crippen LogP contribution is -2.40. The number of benzene rings is 1. The first-order valence-electron chi connectivity index (χ1n) is 10.0. The van der Waals surface area contributed by atoms with Crippen LogP contribution in [0.1, 0.15) is 24.0 Å². The fourth-order valence-electron chi connectivity index (χ4n) is 2.95. The Morgan fingerprint density at radius 3 is 2.33 bits per heavy atom. The summed E-state index contributed by atoms with van der Waals surface area (Å²) in [6, 6.07) is 15.3. The van der Waals surface area contributed by atoms with Gasteiger partial charge in [0.1, 0.15) is 22.9 Å². The van der Waals surface area contributed by atoms with Gasteiger partial charge in [0.15, 0.2) is 5.96 Å². The van der Waals surface area contributed by atoms with E-state index >= 15 is 0 Å². The van der Waals surface area contributed by atoms with Crippen molar-refractivity contribution in [2.45, 2.75) is 25.4 Å². The summed E-state index contributed by atoms with van der Waals surface area (Å²) in [7, 11) is 1.66. The maximum atomic E-state index is 10.7. The molecule has 1 aromatic carbocycles. The molecule has 0 saturated heterocycles. The molecule has 1 atom stereocenters. The standard InChI is InChI=1S/C23H29N3O4/c1-23(27,21-6-4-16-30-21)17-26-22(25-14-12-20-5-3-15-29-20)24-13-11-18-7-9-19(28-2)10-8-18/h3-10,15-16,27H,11-14,17H2,1-2H3,(H2,24,25,26). The zero-order chi connectivity index (χ0) is 21.2. The maximum Gasteiger partial charge on any atom is 0.191 e. The summed E-state index contributed by atoms with van der Waals surface area (Å²) in [6.45, 7) is 3.21. The molecule has 2 heterocycles. The largest absolute Gasteiger partial charge is 0.497 e. The molecule has 0 aliphatic rings. The van der Waals surface area contributed by atoms with Gasteiger partial charge >= 0.3 is 0 Å². The lowest BCUT2D eigenvalue weighted by atomic mass is 10.0. The molecule has 0 aliphatic heterocycles. The minimum atomic E-state index is -1.19. The predicted octanol–water partition coefficient (Wildman–Crippen LogP) is 3.11. The lowest BCUT2D eigenvalue weighted by molar-refractivity contribution is 0.0437. The Morgan fingerprint density at radius 2 is 1.70 bits per heavy atom. The molecular weight excluding hydrogens is 382 g/mol. The van der Waals surface area contributed by atoms with Gasteiger partial charge in [-0.1, -0.05) is 12.1 Å². The van der Waals surface area contributed by atoms with Crippen LogP contribution in [0.2, 0.25) is 0 Å². The van der Waals surface area contributed by atoms with Crippen molar-refractivity contribution < 1.29 is 18.7 Å². The number of nitrogens with zero attached hydrogens (tertiary/aromatic N) is 1. The normalized spacial score (nSPS) is 13.6. The number of hydrogen-bond acceptors (Lipinski definition) is 5. The maximum absolute atomic E-state index is 10.7. The van der Waals surface area contributed by atoms with Crippen LogP contribution in [-0.4, -0.2) is 37.8 Å². The summed E-state index contributed by atoms with van der Waals surface area (Å²) in [5.74, 6) is 2.86. The Balaban J connectivity index is 1.57. The molecule has 3 N–H and O–H groups in total. The Bertz CT molecular complexity index is 885. The smallest absolute Gasteiger partial charge is 0.191 e. The van der Waals surface area contributed by atoms with Crippen LogP contribution in [0.15, 0.2) is 74.9 Å². The Labute approximate surface area is 176 Å². The third-order valence-corrected chi connectivity index (χ3v) is 4.71. The molecule has 1 unspecified atom stereocenters. The first-order valence-corrected chi connectivity index (χ1v) is 10.0. The number of furan rings is 2. The van der Waals surface area contributed by atoms with E-state index in [9.17, 15) is 5.11 Å². The molecule has 0 bridgehead atoms. The number of ether oxygens (including phenoxy) is 1. The van der Waals surface area contributed by atoms with Crippen LogP contribution in [0.4, 0.5) is 0 Å². The van der Waals surface area contributed by atoms with Crippen LogP contribution < -0.4 is 15.4 Å². The molecule has 30 heavy (non-hydrogen) atoms. The molecule has 2 aromatic heterocycles. The van der Waals surface area contributed by atoms with Gasteiger partial charge in [0, 0.05) is 19.5 Å². The van der Waals surface area contributed by atoms with Crippen molar-refractivity contribution in [3.05, 3.63) is 78.1 Å². The van der Waals surface area contributed by atoms with E-state index in [4.69, 9.17) is 13.6 Å². The summed E-state index contributed by atoms with van der Waals surface area (Å²) in [5, 5.41) is 17.3. The van der Waals surface area contributed by atoms with Crippen molar-refractivity contribution >= 4 is 5.96 Å². The van der Waals surface area contributed by atoms with Crippen LogP contribution in [0.25, 0.3) is 0 Å². The Kier molecular flexibility index (Phi) is 7.57. The van der Waals surface area contributed by atoms with Crippen LogP contribution in [0.5, 0.6) is 5.75 Å². The van der Waals surface area contributed by atoms with Gasteiger partial charge in [-0.15, -0.1) is 0 Å². The van der Waals surface area contributed by atoms with Crippen molar-refractivity contribution in [3.63, 3.8) is 0 Å². The quantitative estimate of drug-likeness (QED) is 0.351. The van der Waals surface area contributed by atoms with Crippen LogP contribution >= 0.6 is 0 Å². The molecule has 7 heteroatoms. The second-order valence-corrected chi connectivity index (χ2v) is 7.20. The topological polar surface area (TPSA) is 92.2 Å². The van der Waals surface area contributed by atoms with Crippen LogP contribution in [0, 0.1) is 0 Å². The summed E-state index contributed by atoms with van der Waals surface area (Å²) < 4.78 is 15.9. The zero-order valence-corrected chi connectivity index (χ0v) is 17.4. The Morgan fingerprint density at radius 1 is 1.00 bits per heavy atom. The second-order valence-electron chi connectivity index (χ2n) is 7.20. The first kappa shape index (κ1) is 21.5. The van der Waals surface area contributed by atoms with Gasteiger partial charge in [0.05, 0.1) is 26.2 Å².